The van der Waals surface area contributed by atoms with Crippen LogP contribution < -0.4 is 0 Å². The lowest BCUT2D eigenvalue weighted by Crippen LogP contribution is -2.03. The van der Waals surface area contributed by atoms with Crippen LogP contribution in [0.1, 0.15) is 40.0 Å². The van der Waals surface area contributed by atoms with E-state index in [1.807, 2.05) is 13.8 Å². The zero-order valence-electron chi connectivity index (χ0n) is 8.11. The van der Waals surface area contributed by atoms with Crippen molar-refractivity contribution >= 4 is 23.2 Å². The molecule has 3 atom stereocenters. The first-order valence-electron chi connectivity index (χ1n) is 5.00. The first-order chi connectivity index (χ1) is 5.62. The van der Waals surface area contributed by atoms with E-state index in [9.17, 15) is 0 Å². The minimum Gasteiger partial charge on any atom is -0.101 e. The maximum absolute atomic E-state index is 6.04. The Morgan fingerprint density at radius 2 is 1.67 bits per heavy atom. The Morgan fingerprint density at radius 1 is 1.08 bits per heavy atom. The van der Waals surface area contributed by atoms with Gasteiger partial charge in [-0.05, 0) is 30.6 Å². The van der Waals surface area contributed by atoms with Gasteiger partial charge in [0.1, 0.15) is 4.33 Å². The molecule has 0 aromatic heterocycles. The van der Waals surface area contributed by atoms with Gasteiger partial charge in [0, 0.05) is 0 Å². The molecule has 0 aromatic rings. The van der Waals surface area contributed by atoms with Crippen molar-refractivity contribution in [1.29, 1.82) is 0 Å². The lowest BCUT2D eigenvalue weighted by atomic mass is 9.91. The van der Waals surface area contributed by atoms with E-state index in [0.29, 0.717) is 11.8 Å². The Labute approximate surface area is 85.6 Å². The topological polar surface area (TPSA) is 0 Å². The Kier molecular flexibility index (Phi) is 3.34. The van der Waals surface area contributed by atoms with E-state index in [2.05, 4.69) is 6.92 Å². The summed E-state index contributed by atoms with van der Waals surface area (Å²) in [5.41, 5.74) is 0. The standard InChI is InChI=1S/C8H12Cl2.C2H6/c1-5-2-3-6-7(4-5)8(6,9)10;1-2/h5-7H,2-4H2,1H3;1-2H3. The van der Waals surface area contributed by atoms with Crippen molar-refractivity contribution in [3.05, 3.63) is 0 Å². The maximum atomic E-state index is 6.04. The molecule has 2 heteroatoms. The Bertz CT molecular complexity index is 154. The van der Waals surface area contributed by atoms with Crippen molar-refractivity contribution in [2.45, 2.75) is 44.4 Å². The predicted octanol–water partition coefficient (Wildman–Crippen LogP) is 4.25. The Balaban J connectivity index is 0.000000336. The van der Waals surface area contributed by atoms with Crippen molar-refractivity contribution in [3.63, 3.8) is 0 Å². The summed E-state index contributed by atoms with van der Waals surface area (Å²) in [5, 5.41) is 0. The molecule has 0 aromatic carbocycles. The number of hydrogen-bond acceptors (Lipinski definition) is 0. The van der Waals surface area contributed by atoms with Crippen LogP contribution in [0.3, 0.4) is 0 Å². The van der Waals surface area contributed by atoms with Crippen LogP contribution >= 0.6 is 23.2 Å². The molecule has 2 saturated carbocycles. The van der Waals surface area contributed by atoms with Crippen molar-refractivity contribution < 1.29 is 0 Å². The maximum Gasteiger partial charge on any atom is 0.124 e. The van der Waals surface area contributed by atoms with Crippen LogP contribution in [0.15, 0.2) is 0 Å². The third kappa shape index (κ3) is 1.75. The van der Waals surface area contributed by atoms with E-state index in [4.69, 9.17) is 23.2 Å². The third-order valence-corrected chi connectivity index (χ3v) is 4.11. The van der Waals surface area contributed by atoms with E-state index in [-0.39, 0.29) is 4.33 Å². The number of fused-ring (bicyclic) bond motifs is 1. The van der Waals surface area contributed by atoms with Gasteiger partial charge in [-0.2, -0.15) is 0 Å². The molecular formula is C10H18Cl2. The molecule has 2 fully saturated rings. The highest BCUT2D eigenvalue weighted by molar-refractivity contribution is 6.51. The number of rotatable bonds is 0. The zero-order valence-corrected chi connectivity index (χ0v) is 9.62. The molecule has 3 unspecified atom stereocenters. The normalized spacial score (nSPS) is 42.2. The first kappa shape index (κ1) is 10.7. The molecule has 12 heavy (non-hydrogen) atoms. The van der Waals surface area contributed by atoms with Crippen LogP contribution in [0.5, 0.6) is 0 Å². The van der Waals surface area contributed by atoms with Gasteiger partial charge in [0.15, 0.2) is 0 Å². The number of hydrogen-bond donors (Lipinski definition) is 0. The van der Waals surface area contributed by atoms with Crippen molar-refractivity contribution in [2.24, 2.45) is 17.8 Å². The third-order valence-electron chi connectivity index (χ3n) is 2.99. The zero-order chi connectivity index (χ0) is 9.35. The van der Waals surface area contributed by atoms with E-state index in [1.54, 1.807) is 0 Å². The summed E-state index contributed by atoms with van der Waals surface area (Å²) in [6.07, 6.45) is 3.82. The molecule has 2 aliphatic rings. The van der Waals surface area contributed by atoms with E-state index in [1.165, 1.54) is 19.3 Å². The highest BCUT2D eigenvalue weighted by Crippen LogP contribution is 2.66. The molecule has 0 bridgehead atoms. The molecule has 0 aliphatic heterocycles. The van der Waals surface area contributed by atoms with Gasteiger partial charge in [-0.15, -0.1) is 23.2 Å². The van der Waals surface area contributed by atoms with Gasteiger partial charge >= 0.3 is 0 Å². The summed E-state index contributed by atoms with van der Waals surface area (Å²) >= 11 is 12.1. The van der Waals surface area contributed by atoms with Crippen LogP contribution in [0.2, 0.25) is 0 Å². The fourth-order valence-corrected chi connectivity index (χ4v) is 3.07. The van der Waals surface area contributed by atoms with Gasteiger partial charge in [0.05, 0.1) is 0 Å². The Morgan fingerprint density at radius 3 is 2.08 bits per heavy atom. The van der Waals surface area contributed by atoms with Crippen molar-refractivity contribution in [1.82, 2.24) is 0 Å². The summed E-state index contributed by atoms with van der Waals surface area (Å²) in [6.45, 7) is 6.29. The molecular weight excluding hydrogens is 191 g/mol. The SMILES string of the molecule is CC.CC1CCC2C(C1)C2(Cl)Cl. The highest BCUT2D eigenvalue weighted by atomic mass is 35.5. The van der Waals surface area contributed by atoms with E-state index < -0.39 is 0 Å². The lowest BCUT2D eigenvalue weighted by Gasteiger charge is -2.14. The highest BCUT2D eigenvalue weighted by Gasteiger charge is 2.63. The molecule has 0 amide bonds. The summed E-state index contributed by atoms with van der Waals surface area (Å²) in [5.74, 6) is 2.10. The monoisotopic (exact) mass is 208 g/mol. The quantitative estimate of drug-likeness (QED) is 0.523. The molecule has 2 aliphatic carbocycles. The van der Waals surface area contributed by atoms with Gasteiger partial charge in [0.2, 0.25) is 0 Å². The number of halogens is 2. The molecule has 0 saturated heterocycles. The predicted molar refractivity (Wildman–Crippen MR) is 55.8 cm³/mol. The van der Waals surface area contributed by atoms with Gasteiger partial charge in [-0.3, -0.25) is 0 Å². The van der Waals surface area contributed by atoms with Gasteiger partial charge < -0.3 is 0 Å². The average Bonchev–Trinajstić information content (AvgIpc) is 2.58. The second-order valence-corrected chi connectivity index (χ2v) is 5.25. The molecule has 72 valence electrons. The van der Waals surface area contributed by atoms with Gasteiger partial charge in [0.25, 0.3) is 0 Å². The van der Waals surface area contributed by atoms with Crippen LogP contribution in [-0.4, -0.2) is 4.33 Å². The van der Waals surface area contributed by atoms with Crippen LogP contribution in [0.25, 0.3) is 0 Å². The van der Waals surface area contributed by atoms with Gasteiger partial charge in [-0.1, -0.05) is 27.2 Å². The summed E-state index contributed by atoms with van der Waals surface area (Å²) < 4.78 is -0.329. The first-order valence-corrected chi connectivity index (χ1v) is 5.75. The molecule has 0 N–H and O–H groups in total. The van der Waals surface area contributed by atoms with Crippen LogP contribution in [0, 0.1) is 17.8 Å². The van der Waals surface area contributed by atoms with Crippen LogP contribution in [-0.2, 0) is 0 Å². The summed E-state index contributed by atoms with van der Waals surface area (Å²) in [7, 11) is 0. The number of alkyl halides is 2. The summed E-state index contributed by atoms with van der Waals surface area (Å²) in [4.78, 5) is 0. The fraction of sp³-hybridized carbons (Fsp3) is 1.00. The largest absolute Gasteiger partial charge is 0.124 e. The second-order valence-electron chi connectivity index (χ2n) is 3.81. The van der Waals surface area contributed by atoms with E-state index in [0.717, 1.165) is 5.92 Å². The molecule has 0 spiro atoms. The summed E-state index contributed by atoms with van der Waals surface area (Å²) in [6, 6.07) is 0. The average molecular weight is 209 g/mol. The molecule has 0 heterocycles. The van der Waals surface area contributed by atoms with Crippen molar-refractivity contribution in [3.8, 4) is 0 Å². The minimum atomic E-state index is -0.329. The Hall–Kier alpha value is 0.580. The smallest absolute Gasteiger partial charge is 0.101 e. The van der Waals surface area contributed by atoms with Gasteiger partial charge in [-0.25, -0.2) is 0 Å². The molecule has 0 radical (unpaired) electrons. The van der Waals surface area contributed by atoms with E-state index >= 15 is 0 Å². The second kappa shape index (κ2) is 3.75. The van der Waals surface area contributed by atoms with Crippen molar-refractivity contribution in [2.75, 3.05) is 0 Å². The fourth-order valence-electron chi connectivity index (χ4n) is 2.19. The minimum absolute atomic E-state index is 0.329. The lowest BCUT2D eigenvalue weighted by molar-refractivity contribution is 0.368. The molecule has 0 nitrogen and oxygen atoms in total. The molecule has 2 rings (SSSR count). The van der Waals surface area contributed by atoms with Crippen LogP contribution in [0.4, 0.5) is 0 Å².